The maximum absolute atomic E-state index is 12.4. The van der Waals surface area contributed by atoms with Gasteiger partial charge in [0.25, 0.3) is 0 Å². The molecule has 0 amide bonds. The minimum Gasteiger partial charge on any atom is -0.496 e. The lowest BCUT2D eigenvalue weighted by Crippen LogP contribution is -2.06. The van der Waals surface area contributed by atoms with E-state index in [9.17, 15) is 14.9 Å². The van der Waals surface area contributed by atoms with Gasteiger partial charge in [-0.2, -0.15) is 5.10 Å². The first-order valence-electron chi connectivity index (χ1n) is 9.13. The van der Waals surface area contributed by atoms with E-state index < -0.39 is 4.92 Å². The number of hydrogen-bond acceptors (Lipinski definition) is 5. The lowest BCUT2D eigenvalue weighted by Gasteiger charge is -2.10. The third-order valence-electron chi connectivity index (χ3n) is 4.71. The molecule has 154 valence electrons. The predicted octanol–water partition coefficient (Wildman–Crippen LogP) is 5.12. The van der Waals surface area contributed by atoms with Gasteiger partial charge in [-0.05, 0) is 61.9 Å². The van der Waals surface area contributed by atoms with Crippen molar-refractivity contribution in [1.29, 1.82) is 0 Å². The largest absolute Gasteiger partial charge is 0.496 e. The molecule has 0 radical (unpaired) electrons. The van der Waals surface area contributed by atoms with Crippen LogP contribution in [0.5, 0.6) is 5.75 Å². The molecule has 0 aliphatic heterocycles. The van der Waals surface area contributed by atoms with E-state index in [4.69, 9.17) is 4.74 Å². The molecule has 7 nitrogen and oxygen atoms in total. The number of nitrogens with zero attached hydrogens (tertiary/aromatic N) is 3. The summed E-state index contributed by atoms with van der Waals surface area (Å²) in [4.78, 5) is 23.2. The fourth-order valence-corrected chi connectivity index (χ4v) is 3.44. The molecule has 0 spiro atoms. The van der Waals surface area contributed by atoms with E-state index in [0.717, 1.165) is 15.6 Å². The van der Waals surface area contributed by atoms with Crippen LogP contribution in [0.25, 0.3) is 6.08 Å². The molecule has 0 atom stereocenters. The van der Waals surface area contributed by atoms with Crippen molar-refractivity contribution in [2.75, 3.05) is 7.11 Å². The molecule has 0 N–H and O–H groups in total. The molecule has 3 rings (SSSR count). The number of ketones is 1. The zero-order valence-electron chi connectivity index (χ0n) is 16.8. The summed E-state index contributed by atoms with van der Waals surface area (Å²) in [6.07, 6.45) is 3.25. The maximum atomic E-state index is 12.4. The molecule has 0 fully saturated rings. The van der Waals surface area contributed by atoms with Gasteiger partial charge in [0.1, 0.15) is 17.1 Å². The van der Waals surface area contributed by atoms with Gasteiger partial charge in [0.05, 0.1) is 18.6 Å². The van der Waals surface area contributed by atoms with Gasteiger partial charge in [-0.1, -0.05) is 28.1 Å². The normalized spacial score (nSPS) is 11.1. The Balaban J connectivity index is 1.87. The third kappa shape index (κ3) is 4.65. The summed E-state index contributed by atoms with van der Waals surface area (Å²) < 4.78 is 7.93. The first-order chi connectivity index (χ1) is 14.3. The quantitative estimate of drug-likeness (QED) is 0.207. The number of aromatic nitrogens is 2. The Hall–Kier alpha value is -3.26. The summed E-state index contributed by atoms with van der Waals surface area (Å²) >= 11 is 3.35. The number of methoxy groups -OCH3 is 1. The van der Waals surface area contributed by atoms with E-state index in [1.54, 1.807) is 49.9 Å². The molecular formula is C22H20BrN3O4. The van der Waals surface area contributed by atoms with Crippen molar-refractivity contribution in [3.8, 4) is 5.75 Å². The standard InChI is InChI=1S/C22H20BrN3O4/c1-14-22(26(28)29)15(2)25(24-14)13-18-12-16(5-11-21(18)30-3)4-10-20(27)17-6-8-19(23)9-7-17/h4-12H,13H2,1-3H3/b10-4+. The first-order valence-corrected chi connectivity index (χ1v) is 9.92. The average molecular weight is 470 g/mol. The highest BCUT2D eigenvalue weighted by Gasteiger charge is 2.22. The number of benzene rings is 2. The number of hydrogen-bond donors (Lipinski definition) is 0. The van der Waals surface area contributed by atoms with Gasteiger partial charge in [0, 0.05) is 15.6 Å². The van der Waals surface area contributed by atoms with Gasteiger partial charge in [-0.3, -0.25) is 19.6 Å². The SMILES string of the molecule is COc1ccc(/C=C/C(=O)c2ccc(Br)cc2)cc1Cn1nc(C)c([N+](=O)[O-])c1C. The molecular weight excluding hydrogens is 450 g/mol. The van der Waals surface area contributed by atoms with Crippen LogP contribution in [0.15, 0.2) is 53.0 Å². The molecule has 30 heavy (non-hydrogen) atoms. The summed E-state index contributed by atoms with van der Waals surface area (Å²) in [6.45, 7) is 3.60. The molecule has 0 saturated heterocycles. The van der Waals surface area contributed by atoms with Gasteiger partial charge < -0.3 is 4.74 Å². The number of aryl methyl sites for hydroxylation is 1. The molecule has 0 bridgehead atoms. The lowest BCUT2D eigenvalue weighted by atomic mass is 10.1. The first kappa shape index (κ1) is 21.4. The number of carbonyl (C=O) groups is 1. The van der Waals surface area contributed by atoms with E-state index >= 15 is 0 Å². The summed E-state index contributed by atoms with van der Waals surface area (Å²) in [5.41, 5.74) is 3.07. The van der Waals surface area contributed by atoms with Crippen LogP contribution in [-0.2, 0) is 6.54 Å². The van der Waals surface area contributed by atoms with Gasteiger partial charge in [-0.25, -0.2) is 0 Å². The second-order valence-corrected chi connectivity index (χ2v) is 7.63. The van der Waals surface area contributed by atoms with Crippen molar-refractivity contribution in [3.05, 3.63) is 91.2 Å². The molecule has 0 saturated carbocycles. The lowest BCUT2D eigenvalue weighted by molar-refractivity contribution is -0.386. The molecule has 0 unspecified atom stereocenters. The van der Waals surface area contributed by atoms with Crippen LogP contribution in [0, 0.1) is 24.0 Å². The molecule has 1 aromatic heterocycles. The Morgan fingerprint density at radius 3 is 2.53 bits per heavy atom. The molecule has 2 aromatic carbocycles. The highest BCUT2D eigenvalue weighted by Crippen LogP contribution is 2.26. The topological polar surface area (TPSA) is 87.3 Å². The molecule has 0 aliphatic rings. The second-order valence-electron chi connectivity index (χ2n) is 6.71. The van der Waals surface area contributed by atoms with Crippen LogP contribution in [-0.4, -0.2) is 27.6 Å². The van der Waals surface area contributed by atoms with Crippen molar-refractivity contribution < 1.29 is 14.5 Å². The molecule has 8 heteroatoms. The Labute approximate surface area is 182 Å². The Bertz CT molecular complexity index is 1130. The van der Waals surface area contributed by atoms with Crippen molar-refractivity contribution >= 4 is 33.5 Å². The van der Waals surface area contributed by atoms with Gasteiger partial charge in [-0.15, -0.1) is 0 Å². The number of ether oxygens (including phenoxy) is 1. The summed E-state index contributed by atoms with van der Waals surface area (Å²) in [5.74, 6) is 0.538. The summed E-state index contributed by atoms with van der Waals surface area (Å²) in [5, 5.41) is 15.6. The monoisotopic (exact) mass is 469 g/mol. The fourth-order valence-electron chi connectivity index (χ4n) is 3.18. The van der Waals surface area contributed by atoms with Crippen LogP contribution in [0.1, 0.15) is 32.9 Å². The Kier molecular flexibility index (Phi) is 6.47. The predicted molar refractivity (Wildman–Crippen MR) is 118 cm³/mol. The van der Waals surface area contributed by atoms with E-state index in [2.05, 4.69) is 21.0 Å². The Morgan fingerprint density at radius 2 is 1.93 bits per heavy atom. The smallest absolute Gasteiger partial charge is 0.312 e. The van der Waals surface area contributed by atoms with Gasteiger partial charge in [0.2, 0.25) is 0 Å². The number of allylic oxidation sites excluding steroid dienone is 1. The number of halogens is 1. The molecule has 1 heterocycles. The van der Waals surface area contributed by atoms with Crippen molar-refractivity contribution in [2.45, 2.75) is 20.4 Å². The van der Waals surface area contributed by atoms with Crippen molar-refractivity contribution in [3.63, 3.8) is 0 Å². The van der Waals surface area contributed by atoms with E-state index in [-0.39, 0.29) is 11.5 Å². The van der Waals surface area contributed by atoms with E-state index in [1.165, 1.54) is 6.08 Å². The summed E-state index contributed by atoms with van der Waals surface area (Å²) in [7, 11) is 1.56. The number of nitro groups is 1. The molecule has 3 aromatic rings. The van der Waals surface area contributed by atoms with Crippen molar-refractivity contribution in [2.24, 2.45) is 0 Å². The van der Waals surface area contributed by atoms with E-state index in [1.807, 2.05) is 24.3 Å². The number of rotatable bonds is 7. The number of carbonyl (C=O) groups excluding carboxylic acids is 1. The van der Waals surface area contributed by atoms with Crippen LogP contribution in [0.2, 0.25) is 0 Å². The highest BCUT2D eigenvalue weighted by molar-refractivity contribution is 9.10. The zero-order valence-corrected chi connectivity index (χ0v) is 18.3. The summed E-state index contributed by atoms with van der Waals surface area (Å²) in [6, 6.07) is 12.7. The third-order valence-corrected chi connectivity index (χ3v) is 5.23. The van der Waals surface area contributed by atoms with Crippen LogP contribution in [0.3, 0.4) is 0 Å². The fraction of sp³-hybridized carbons (Fsp3) is 0.182. The van der Waals surface area contributed by atoms with Crippen LogP contribution in [0.4, 0.5) is 5.69 Å². The molecule has 0 aliphatic carbocycles. The minimum absolute atomic E-state index is 0.0186. The van der Waals surface area contributed by atoms with Crippen LogP contribution >= 0.6 is 15.9 Å². The van der Waals surface area contributed by atoms with E-state index in [0.29, 0.717) is 29.2 Å². The second kappa shape index (κ2) is 9.04. The highest BCUT2D eigenvalue weighted by atomic mass is 79.9. The zero-order chi connectivity index (χ0) is 21.8. The van der Waals surface area contributed by atoms with Crippen molar-refractivity contribution in [1.82, 2.24) is 9.78 Å². The minimum atomic E-state index is -0.418. The maximum Gasteiger partial charge on any atom is 0.312 e. The van der Waals surface area contributed by atoms with Crippen LogP contribution < -0.4 is 4.74 Å². The van der Waals surface area contributed by atoms with Gasteiger partial charge in [0.15, 0.2) is 5.78 Å². The average Bonchev–Trinajstić information content (AvgIpc) is 3.00. The van der Waals surface area contributed by atoms with Gasteiger partial charge >= 0.3 is 5.69 Å². The Morgan fingerprint density at radius 1 is 1.23 bits per heavy atom.